The summed E-state index contributed by atoms with van der Waals surface area (Å²) >= 11 is 4.01. The van der Waals surface area contributed by atoms with Crippen molar-refractivity contribution in [3.8, 4) is 0 Å². The van der Waals surface area contributed by atoms with Crippen molar-refractivity contribution >= 4 is 30.4 Å². The molecule has 0 aliphatic heterocycles. The van der Waals surface area contributed by atoms with Crippen LogP contribution in [0.3, 0.4) is 0 Å². The third-order valence-electron chi connectivity index (χ3n) is 5.59. The number of aliphatic hydroxyl groups excluding tert-OH is 1. The molecule has 0 aliphatic rings. The van der Waals surface area contributed by atoms with Gasteiger partial charge in [-0.2, -0.15) is 12.6 Å². The molecule has 0 heterocycles. The van der Waals surface area contributed by atoms with E-state index in [0.29, 0.717) is 18.7 Å². The van der Waals surface area contributed by atoms with Crippen LogP contribution in [0.15, 0.2) is 60.8 Å². The second kappa shape index (κ2) is 24.5. The molecule has 2 amide bonds. The third kappa shape index (κ3) is 22.0. The van der Waals surface area contributed by atoms with Gasteiger partial charge in [0.2, 0.25) is 11.8 Å². The van der Waals surface area contributed by atoms with E-state index < -0.39 is 17.4 Å². The van der Waals surface area contributed by atoms with Crippen molar-refractivity contribution in [1.82, 2.24) is 10.6 Å². The number of thiol groups is 1. The number of carbonyl (C=O) groups excluding carboxylic acids is 3. The van der Waals surface area contributed by atoms with E-state index in [0.717, 1.165) is 38.5 Å². The Morgan fingerprint density at radius 1 is 0.821 bits per heavy atom. The lowest BCUT2D eigenvalue weighted by molar-refractivity contribution is -0.153. The van der Waals surface area contributed by atoms with Crippen molar-refractivity contribution < 1.29 is 24.2 Å². The highest BCUT2D eigenvalue weighted by Crippen LogP contribution is 2.22. The Morgan fingerprint density at radius 3 is 1.90 bits per heavy atom. The molecule has 0 saturated carbocycles. The Kier molecular flexibility index (Phi) is 22.8. The van der Waals surface area contributed by atoms with E-state index in [1.165, 1.54) is 0 Å². The first-order chi connectivity index (χ1) is 18.7. The van der Waals surface area contributed by atoms with Crippen LogP contribution in [0, 0.1) is 5.41 Å². The van der Waals surface area contributed by atoms with Crippen LogP contribution in [0.1, 0.15) is 78.6 Å². The van der Waals surface area contributed by atoms with Gasteiger partial charge in [0.15, 0.2) is 0 Å². The average Bonchev–Trinajstić information content (AvgIpc) is 2.91. The molecule has 1 atom stereocenters. The molecule has 8 heteroatoms. The Morgan fingerprint density at radius 2 is 1.36 bits per heavy atom. The Balaban J connectivity index is 3.97. The highest BCUT2D eigenvalue weighted by molar-refractivity contribution is 7.80. The predicted molar refractivity (Wildman–Crippen MR) is 164 cm³/mol. The number of amides is 2. The molecule has 7 nitrogen and oxygen atoms in total. The van der Waals surface area contributed by atoms with Crippen LogP contribution in [-0.4, -0.2) is 54.4 Å². The summed E-state index contributed by atoms with van der Waals surface area (Å²) in [6, 6.07) is 0. The first-order valence-electron chi connectivity index (χ1n) is 14.0. The maximum absolute atomic E-state index is 12.2. The number of hydrogen-bond donors (Lipinski definition) is 4. The van der Waals surface area contributed by atoms with Gasteiger partial charge in [-0.15, -0.1) is 0 Å². The minimum Gasteiger partial charge on any atom is -0.465 e. The summed E-state index contributed by atoms with van der Waals surface area (Å²) in [6.07, 6.45) is 26.8. The van der Waals surface area contributed by atoms with Crippen LogP contribution in [0.25, 0.3) is 0 Å². The Bertz CT molecular complexity index is 831. The van der Waals surface area contributed by atoms with E-state index in [1.807, 2.05) is 0 Å². The molecule has 0 saturated heterocycles. The van der Waals surface area contributed by atoms with Gasteiger partial charge in [-0.3, -0.25) is 14.4 Å². The molecule has 0 aromatic heterocycles. The number of aliphatic hydroxyl groups is 1. The van der Waals surface area contributed by atoms with Gasteiger partial charge < -0.3 is 20.5 Å². The van der Waals surface area contributed by atoms with Crippen LogP contribution in [0.5, 0.6) is 0 Å². The molecule has 0 spiro atoms. The molecule has 220 valence electrons. The van der Waals surface area contributed by atoms with Crippen LogP contribution in [0.2, 0.25) is 0 Å². The molecule has 0 aromatic rings. The maximum Gasteiger partial charge on any atom is 0.305 e. The summed E-state index contributed by atoms with van der Waals surface area (Å²) in [7, 11) is 0. The van der Waals surface area contributed by atoms with E-state index in [2.05, 4.69) is 90.9 Å². The Hall–Kier alpha value is -2.58. The molecular weight excluding hydrogens is 512 g/mol. The fraction of sp³-hybridized carbons (Fsp3) is 0.581. The van der Waals surface area contributed by atoms with Crippen LogP contribution in [-0.2, 0) is 19.1 Å². The first kappa shape index (κ1) is 36.4. The lowest BCUT2D eigenvalue weighted by atomic mass is 9.87. The number of carbonyl (C=O) groups is 3. The van der Waals surface area contributed by atoms with Gasteiger partial charge in [0.1, 0.15) is 6.10 Å². The fourth-order valence-electron chi connectivity index (χ4n) is 3.18. The number of unbranched alkanes of at least 4 members (excludes halogenated alkanes) is 1. The first-order valence-corrected chi connectivity index (χ1v) is 14.6. The number of allylic oxidation sites excluding steroid dienone is 10. The van der Waals surface area contributed by atoms with Gasteiger partial charge in [0.25, 0.3) is 0 Å². The molecule has 1 unspecified atom stereocenters. The van der Waals surface area contributed by atoms with Crippen molar-refractivity contribution in [2.24, 2.45) is 5.41 Å². The fourth-order valence-corrected chi connectivity index (χ4v) is 3.30. The highest BCUT2D eigenvalue weighted by Gasteiger charge is 2.34. The monoisotopic (exact) mass is 562 g/mol. The smallest absolute Gasteiger partial charge is 0.305 e. The van der Waals surface area contributed by atoms with Crippen LogP contribution >= 0.6 is 12.6 Å². The van der Waals surface area contributed by atoms with E-state index in [-0.39, 0.29) is 37.9 Å². The second-order valence-corrected chi connectivity index (χ2v) is 10.2. The summed E-state index contributed by atoms with van der Waals surface area (Å²) in [4.78, 5) is 35.8. The molecule has 0 fully saturated rings. The highest BCUT2D eigenvalue weighted by atomic mass is 32.1. The number of ether oxygens (including phenoxy) is 1. The topological polar surface area (TPSA) is 105 Å². The van der Waals surface area contributed by atoms with Crippen molar-refractivity contribution in [3.05, 3.63) is 60.8 Å². The molecule has 0 rings (SSSR count). The lowest BCUT2D eigenvalue weighted by Gasteiger charge is -2.29. The standard InChI is InChI=1S/C31H50N2O5S/c1-4-5-6-7-8-9-10-11-12-13-14-15-16-17-18-19-20-21-28(35)38-26-31(2,3)29(36)30(37)33-23-22-27(34)32-24-25-39/h5-6,8-9,11-12,14-15,17-18,29,36,39H,4,7,10,13,16,19-26H2,1-3H3,(H,32,34)(H,33,37). The van der Waals surface area contributed by atoms with Crippen molar-refractivity contribution in [2.75, 3.05) is 25.4 Å². The number of nitrogens with one attached hydrogen (secondary N) is 2. The van der Waals surface area contributed by atoms with Crippen molar-refractivity contribution in [2.45, 2.75) is 84.7 Å². The van der Waals surface area contributed by atoms with E-state index in [4.69, 9.17) is 4.74 Å². The van der Waals surface area contributed by atoms with Crippen LogP contribution in [0.4, 0.5) is 0 Å². The van der Waals surface area contributed by atoms with Gasteiger partial charge in [-0.1, -0.05) is 81.5 Å². The normalized spacial score (nSPS) is 13.3. The zero-order chi connectivity index (χ0) is 29.2. The predicted octanol–water partition coefficient (Wildman–Crippen LogP) is 5.39. The van der Waals surface area contributed by atoms with Crippen molar-refractivity contribution in [3.63, 3.8) is 0 Å². The largest absolute Gasteiger partial charge is 0.465 e. The van der Waals surface area contributed by atoms with Crippen molar-refractivity contribution in [1.29, 1.82) is 0 Å². The van der Waals surface area contributed by atoms with E-state index in [9.17, 15) is 19.5 Å². The molecule has 0 radical (unpaired) electrons. The molecule has 0 aromatic carbocycles. The molecule has 3 N–H and O–H groups in total. The number of rotatable bonds is 22. The molecule has 39 heavy (non-hydrogen) atoms. The van der Waals surface area contributed by atoms with Crippen LogP contribution < -0.4 is 10.6 Å². The lowest BCUT2D eigenvalue weighted by Crippen LogP contribution is -2.47. The summed E-state index contributed by atoms with van der Waals surface area (Å²) in [5.41, 5.74) is -0.960. The third-order valence-corrected chi connectivity index (χ3v) is 5.81. The summed E-state index contributed by atoms with van der Waals surface area (Å²) < 4.78 is 5.29. The number of esters is 1. The van der Waals surface area contributed by atoms with Gasteiger partial charge >= 0.3 is 5.97 Å². The summed E-state index contributed by atoms with van der Waals surface area (Å²) in [6.45, 7) is 5.93. The summed E-state index contributed by atoms with van der Waals surface area (Å²) in [5, 5.41) is 15.6. The molecular formula is C31H50N2O5S. The molecule has 0 bridgehead atoms. The van der Waals surface area contributed by atoms with E-state index in [1.54, 1.807) is 13.8 Å². The average molecular weight is 563 g/mol. The second-order valence-electron chi connectivity index (χ2n) is 9.77. The van der Waals surface area contributed by atoms with Gasteiger partial charge in [-0.05, 0) is 44.9 Å². The minimum absolute atomic E-state index is 0.0788. The maximum atomic E-state index is 12.2. The number of hydrogen-bond acceptors (Lipinski definition) is 6. The zero-order valence-corrected chi connectivity index (χ0v) is 25.0. The Labute approximate surface area is 241 Å². The molecule has 0 aliphatic carbocycles. The van der Waals surface area contributed by atoms with E-state index >= 15 is 0 Å². The quantitative estimate of drug-likeness (QED) is 0.0613. The SMILES string of the molecule is CCC=CCC=CCC=CCC=CCC=CCCCC(=O)OCC(C)(C)C(O)C(=O)NCCC(=O)NCCS. The van der Waals surface area contributed by atoms with Gasteiger partial charge in [0.05, 0.1) is 6.61 Å². The zero-order valence-electron chi connectivity index (χ0n) is 24.1. The minimum atomic E-state index is -1.37. The summed E-state index contributed by atoms with van der Waals surface area (Å²) in [5.74, 6) is -0.621. The van der Waals surface area contributed by atoms with Gasteiger partial charge in [0, 0.05) is 37.1 Å². The van der Waals surface area contributed by atoms with Gasteiger partial charge in [-0.25, -0.2) is 0 Å².